The van der Waals surface area contributed by atoms with Crippen LogP contribution in [0.25, 0.3) is 0 Å². The Hall–Kier alpha value is -0.690. The van der Waals surface area contributed by atoms with Gasteiger partial charge in [-0.15, -0.1) is 0 Å². The lowest BCUT2D eigenvalue weighted by Crippen LogP contribution is -2.23. The highest BCUT2D eigenvalue weighted by Crippen LogP contribution is 2.28. The lowest BCUT2D eigenvalue weighted by Gasteiger charge is -2.17. The van der Waals surface area contributed by atoms with Crippen LogP contribution >= 0.6 is 31.9 Å². The molecule has 6 heteroatoms. The van der Waals surface area contributed by atoms with Crippen LogP contribution in [0.5, 0.6) is 0 Å². The Morgan fingerprint density at radius 3 is 2.75 bits per heavy atom. The number of hydrogen-bond donors (Lipinski definition) is 1. The maximum absolute atomic E-state index is 6.41. The van der Waals surface area contributed by atoms with Crippen LogP contribution in [0.15, 0.2) is 39.4 Å². The fourth-order valence-electron chi connectivity index (χ4n) is 2.01. The number of nitrogens with zero attached hydrogens (tertiary/aromatic N) is 3. The molecule has 0 saturated heterocycles. The van der Waals surface area contributed by atoms with Gasteiger partial charge in [0.2, 0.25) is 0 Å². The summed E-state index contributed by atoms with van der Waals surface area (Å²) in [6, 6.07) is 7.86. The molecule has 0 fully saturated rings. The van der Waals surface area contributed by atoms with E-state index in [1.54, 1.807) is 0 Å². The first-order chi connectivity index (χ1) is 9.49. The van der Waals surface area contributed by atoms with Crippen molar-refractivity contribution in [3.63, 3.8) is 0 Å². The number of benzene rings is 1. The second kappa shape index (κ2) is 6.85. The zero-order valence-electron chi connectivity index (χ0n) is 11.6. The van der Waals surface area contributed by atoms with Gasteiger partial charge in [0.05, 0.1) is 29.0 Å². The second-order valence-corrected chi connectivity index (χ2v) is 6.71. The van der Waals surface area contributed by atoms with Crippen molar-refractivity contribution in [3.8, 4) is 0 Å². The smallest absolute Gasteiger partial charge is 0.0739 e. The van der Waals surface area contributed by atoms with Crippen molar-refractivity contribution >= 4 is 31.9 Å². The van der Waals surface area contributed by atoms with Gasteiger partial charge in [-0.05, 0) is 47.7 Å². The molecule has 0 aliphatic carbocycles. The van der Waals surface area contributed by atoms with Gasteiger partial charge in [0.25, 0.3) is 0 Å². The molecular formula is C14H18Br2N4. The molecule has 0 spiro atoms. The van der Waals surface area contributed by atoms with Crippen LogP contribution in [0.3, 0.4) is 0 Å². The third kappa shape index (κ3) is 3.69. The van der Waals surface area contributed by atoms with E-state index >= 15 is 0 Å². The minimum Gasteiger partial charge on any atom is -0.319 e. The van der Waals surface area contributed by atoms with Crippen molar-refractivity contribution in [2.75, 3.05) is 20.6 Å². The molecule has 2 N–H and O–H groups in total. The zero-order chi connectivity index (χ0) is 14.7. The van der Waals surface area contributed by atoms with Crippen LogP contribution in [0.1, 0.15) is 17.3 Å². The molecule has 2 aromatic rings. The monoisotopic (exact) mass is 400 g/mol. The van der Waals surface area contributed by atoms with Gasteiger partial charge in [0.15, 0.2) is 0 Å². The molecule has 0 bridgehead atoms. The topological polar surface area (TPSA) is 47.1 Å². The van der Waals surface area contributed by atoms with Crippen molar-refractivity contribution in [3.05, 3.63) is 50.7 Å². The average Bonchev–Trinajstić information content (AvgIpc) is 2.76. The molecular weight excluding hydrogens is 384 g/mol. The van der Waals surface area contributed by atoms with Crippen molar-refractivity contribution in [1.29, 1.82) is 0 Å². The molecule has 1 aromatic carbocycles. The normalized spacial score (nSPS) is 12.9. The van der Waals surface area contributed by atoms with Gasteiger partial charge < -0.3 is 10.6 Å². The second-order valence-electron chi connectivity index (χ2n) is 4.94. The maximum atomic E-state index is 6.41. The molecule has 20 heavy (non-hydrogen) atoms. The third-order valence-electron chi connectivity index (χ3n) is 3.09. The molecule has 0 radical (unpaired) electrons. The Labute approximate surface area is 136 Å². The molecule has 0 amide bonds. The van der Waals surface area contributed by atoms with Crippen LogP contribution in [-0.4, -0.2) is 35.3 Å². The Morgan fingerprint density at radius 1 is 1.35 bits per heavy atom. The summed E-state index contributed by atoms with van der Waals surface area (Å²) in [5.41, 5.74) is 8.48. The number of likely N-dealkylation sites (N-methyl/N-ethyl adjacent to an activating group) is 1. The average molecular weight is 402 g/mol. The third-order valence-corrected chi connectivity index (χ3v) is 4.20. The maximum Gasteiger partial charge on any atom is 0.0739 e. The van der Waals surface area contributed by atoms with E-state index in [1.807, 2.05) is 49.2 Å². The summed E-state index contributed by atoms with van der Waals surface area (Å²) >= 11 is 7.04. The van der Waals surface area contributed by atoms with Crippen molar-refractivity contribution < 1.29 is 0 Å². The molecule has 1 heterocycles. The van der Waals surface area contributed by atoms with Gasteiger partial charge in [-0.2, -0.15) is 5.10 Å². The van der Waals surface area contributed by atoms with Gasteiger partial charge in [-0.25, -0.2) is 0 Å². The van der Waals surface area contributed by atoms with E-state index < -0.39 is 0 Å². The van der Waals surface area contributed by atoms with E-state index in [0.717, 1.165) is 33.3 Å². The quantitative estimate of drug-likeness (QED) is 0.837. The zero-order valence-corrected chi connectivity index (χ0v) is 14.7. The first-order valence-electron chi connectivity index (χ1n) is 6.36. The summed E-state index contributed by atoms with van der Waals surface area (Å²) in [4.78, 5) is 2.13. The first kappa shape index (κ1) is 15.7. The minimum atomic E-state index is -0.202. The Balaban J connectivity index is 2.29. The molecule has 0 aliphatic rings. The molecule has 0 saturated carbocycles. The summed E-state index contributed by atoms with van der Waals surface area (Å²) < 4.78 is 3.94. The van der Waals surface area contributed by atoms with E-state index in [4.69, 9.17) is 5.73 Å². The van der Waals surface area contributed by atoms with E-state index in [1.165, 1.54) is 0 Å². The standard InChI is InChI=1S/C14H18Br2N4/c1-19(2)6-7-20-14(12(16)9-18-20)13(17)10-4-3-5-11(15)8-10/h3-5,8-9,13H,6-7,17H2,1-2H3. The molecule has 108 valence electrons. The first-order valence-corrected chi connectivity index (χ1v) is 7.94. The van der Waals surface area contributed by atoms with E-state index in [0.29, 0.717) is 0 Å². The number of hydrogen-bond acceptors (Lipinski definition) is 3. The van der Waals surface area contributed by atoms with E-state index in [9.17, 15) is 0 Å². The number of aromatic nitrogens is 2. The van der Waals surface area contributed by atoms with Gasteiger partial charge >= 0.3 is 0 Å². The highest BCUT2D eigenvalue weighted by Gasteiger charge is 2.18. The van der Waals surface area contributed by atoms with Gasteiger partial charge in [-0.3, -0.25) is 4.68 Å². The molecule has 1 unspecified atom stereocenters. The predicted molar refractivity (Wildman–Crippen MR) is 88.7 cm³/mol. The molecule has 4 nitrogen and oxygen atoms in total. The minimum absolute atomic E-state index is 0.202. The molecule has 1 atom stereocenters. The summed E-state index contributed by atoms with van der Waals surface area (Å²) in [6.07, 6.45) is 1.81. The highest BCUT2D eigenvalue weighted by atomic mass is 79.9. The summed E-state index contributed by atoms with van der Waals surface area (Å²) in [7, 11) is 4.10. The van der Waals surface area contributed by atoms with Crippen molar-refractivity contribution in [1.82, 2.24) is 14.7 Å². The molecule has 1 aromatic heterocycles. The fourth-order valence-corrected chi connectivity index (χ4v) is 2.97. The number of halogens is 2. The van der Waals surface area contributed by atoms with Crippen molar-refractivity contribution in [2.45, 2.75) is 12.6 Å². The number of nitrogens with two attached hydrogens (primary N) is 1. The molecule has 2 rings (SSSR count). The van der Waals surface area contributed by atoms with E-state index in [-0.39, 0.29) is 6.04 Å². The lowest BCUT2D eigenvalue weighted by molar-refractivity contribution is 0.368. The van der Waals surface area contributed by atoms with Gasteiger partial charge in [0.1, 0.15) is 0 Å². The highest BCUT2D eigenvalue weighted by molar-refractivity contribution is 9.10. The summed E-state index contributed by atoms with van der Waals surface area (Å²) in [5, 5.41) is 4.41. The molecule has 0 aliphatic heterocycles. The Morgan fingerprint density at radius 2 is 2.10 bits per heavy atom. The van der Waals surface area contributed by atoms with Crippen LogP contribution in [0, 0.1) is 0 Å². The number of rotatable bonds is 5. The Kier molecular flexibility index (Phi) is 5.37. The SMILES string of the molecule is CN(C)CCn1ncc(Br)c1C(N)c1cccc(Br)c1. The van der Waals surface area contributed by atoms with Crippen molar-refractivity contribution in [2.24, 2.45) is 5.73 Å². The van der Waals surface area contributed by atoms with Crippen LogP contribution in [-0.2, 0) is 6.54 Å². The lowest BCUT2D eigenvalue weighted by atomic mass is 10.0. The van der Waals surface area contributed by atoms with Crippen LogP contribution in [0.4, 0.5) is 0 Å². The largest absolute Gasteiger partial charge is 0.319 e. The summed E-state index contributed by atoms with van der Waals surface area (Å²) in [6.45, 7) is 1.74. The van der Waals surface area contributed by atoms with E-state index in [2.05, 4.69) is 41.9 Å². The van der Waals surface area contributed by atoms with Crippen LogP contribution in [0.2, 0.25) is 0 Å². The van der Waals surface area contributed by atoms with Gasteiger partial charge in [-0.1, -0.05) is 28.1 Å². The van der Waals surface area contributed by atoms with Gasteiger partial charge in [0, 0.05) is 11.0 Å². The summed E-state index contributed by atoms with van der Waals surface area (Å²) in [5.74, 6) is 0. The Bertz CT molecular complexity index is 580. The fraction of sp³-hybridized carbons (Fsp3) is 0.357. The van der Waals surface area contributed by atoms with Crippen LogP contribution < -0.4 is 5.73 Å². The predicted octanol–water partition coefficient (Wildman–Crippen LogP) is 3.02.